The van der Waals surface area contributed by atoms with Crippen molar-refractivity contribution in [1.82, 2.24) is 15.1 Å². The number of carbonyl (C=O) groups is 1. The molecule has 0 saturated heterocycles. The summed E-state index contributed by atoms with van der Waals surface area (Å²) in [5, 5.41) is 7.06. The number of nitrogens with one attached hydrogen (secondary N) is 1. The van der Waals surface area contributed by atoms with Gasteiger partial charge in [-0.05, 0) is 25.0 Å². The Bertz CT molecular complexity index is 847. The number of para-hydroxylation sites is 1. The van der Waals surface area contributed by atoms with Gasteiger partial charge in [-0.15, -0.1) is 0 Å². The Hall–Kier alpha value is -2.38. The van der Waals surface area contributed by atoms with Gasteiger partial charge in [-0.2, -0.15) is 18.3 Å². The molecule has 2 aromatic rings. The number of hydrogen-bond acceptors (Lipinski definition) is 3. The lowest BCUT2D eigenvalue weighted by atomic mass is 9.84. The van der Waals surface area contributed by atoms with Crippen LogP contribution in [0.25, 0.3) is 10.9 Å². The molecule has 2 atom stereocenters. The summed E-state index contributed by atoms with van der Waals surface area (Å²) in [4.78, 5) is 24.0. The van der Waals surface area contributed by atoms with Crippen LogP contribution in [0.5, 0.6) is 0 Å². The molecule has 0 aliphatic heterocycles. The van der Waals surface area contributed by atoms with Crippen LogP contribution in [0.1, 0.15) is 32.1 Å². The third-order valence-electron chi connectivity index (χ3n) is 4.85. The van der Waals surface area contributed by atoms with Gasteiger partial charge in [-0.3, -0.25) is 14.3 Å². The second-order valence-corrected chi connectivity index (χ2v) is 6.61. The number of aromatic nitrogens is 2. The minimum absolute atomic E-state index is 0.000934. The molecule has 1 fully saturated rings. The maximum Gasteiger partial charge on any atom is 0.393 e. The molecular weight excluding hydrogens is 347 g/mol. The summed E-state index contributed by atoms with van der Waals surface area (Å²) in [5.41, 5.74) is 0.384. The minimum Gasteiger partial charge on any atom is -0.353 e. The first-order chi connectivity index (χ1) is 12.4. The van der Waals surface area contributed by atoms with Crippen LogP contribution in [-0.2, 0) is 11.3 Å². The molecule has 1 aromatic heterocycles. The molecule has 0 radical (unpaired) electrons. The van der Waals surface area contributed by atoms with Crippen LogP contribution in [0.3, 0.4) is 0 Å². The van der Waals surface area contributed by atoms with Gasteiger partial charge >= 0.3 is 6.18 Å². The predicted molar refractivity (Wildman–Crippen MR) is 90.6 cm³/mol. The van der Waals surface area contributed by atoms with Gasteiger partial charge in [0, 0.05) is 17.8 Å². The van der Waals surface area contributed by atoms with Gasteiger partial charge in [0.2, 0.25) is 11.3 Å². The number of benzene rings is 1. The maximum absolute atomic E-state index is 13.1. The monoisotopic (exact) mass is 367 g/mol. The van der Waals surface area contributed by atoms with Gasteiger partial charge in [0.1, 0.15) is 0 Å². The third kappa shape index (κ3) is 4.05. The molecule has 1 N–H and O–H groups in total. The number of carbonyl (C=O) groups excluding carboxylic acids is 1. The van der Waals surface area contributed by atoms with E-state index in [0.29, 0.717) is 30.2 Å². The normalized spacial score (nSPS) is 20.9. The molecule has 1 aliphatic rings. The topological polar surface area (TPSA) is 64.0 Å². The molecule has 0 spiro atoms. The molecule has 26 heavy (non-hydrogen) atoms. The Morgan fingerprint density at radius 3 is 2.73 bits per heavy atom. The zero-order chi connectivity index (χ0) is 18.7. The van der Waals surface area contributed by atoms with Crippen LogP contribution < -0.4 is 10.7 Å². The van der Waals surface area contributed by atoms with Crippen molar-refractivity contribution in [2.45, 2.75) is 50.9 Å². The van der Waals surface area contributed by atoms with E-state index in [0.717, 1.165) is 0 Å². The van der Waals surface area contributed by atoms with Gasteiger partial charge < -0.3 is 5.32 Å². The maximum atomic E-state index is 13.1. The summed E-state index contributed by atoms with van der Waals surface area (Å²) in [5.74, 6) is -1.91. The first kappa shape index (κ1) is 18.4. The van der Waals surface area contributed by atoms with Crippen molar-refractivity contribution >= 4 is 16.8 Å². The molecule has 1 amide bonds. The number of aryl methyl sites for hydroxylation is 1. The summed E-state index contributed by atoms with van der Waals surface area (Å²) in [7, 11) is 0. The smallest absolute Gasteiger partial charge is 0.353 e. The third-order valence-corrected chi connectivity index (χ3v) is 4.85. The molecule has 1 aliphatic carbocycles. The average molecular weight is 367 g/mol. The second-order valence-electron chi connectivity index (χ2n) is 6.61. The van der Waals surface area contributed by atoms with Crippen LogP contribution in [0.15, 0.2) is 35.3 Å². The van der Waals surface area contributed by atoms with E-state index in [2.05, 4.69) is 10.4 Å². The number of amides is 1. The Morgan fingerprint density at radius 1 is 1.23 bits per heavy atom. The molecule has 1 heterocycles. The summed E-state index contributed by atoms with van der Waals surface area (Å²) < 4.78 is 40.9. The largest absolute Gasteiger partial charge is 0.393 e. The van der Waals surface area contributed by atoms with E-state index in [4.69, 9.17) is 0 Å². The van der Waals surface area contributed by atoms with E-state index in [1.165, 1.54) is 10.9 Å². The minimum atomic E-state index is -4.30. The predicted octanol–water partition coefficient (Wildman–Crippen LogP) is 3.02. The molecule has 1 saturated carbocycles. The standard InChI is InChI=1S/C18H20F3N3O2/c19-18(20,21)13-6-2-3-7-14(13)23-17(26)9-10-24-15-8-4-1-5-12(15)16(25)11-22-24/h1,4-5,8,11,13-14H,2-3,6-7,9-10H2,(H,23,26). The molecule has 2 unspecified atom stereocenters. The highest BCUT2D eigenvalue weighted by atomic mass is 19.4. The lowest BCUT2D eigenvalue weighted by Gasteiger charge is -2.33. The molecule has 0 bridgehead atoms. The van der Waals surface area contributed by atoms with Crippen LogP contribution in [-0.4, -0.2) is 27.9 Å². The fourth-order valence-electron chi connectivity index (χ4n) is 3.52. The first-order valence-corrected chi connectivity index (χ1v) is 8.67. The highest BCUT2D eigenvalue weighted by Gasteiger charge is 2.45. The second kappa shape index (κ2) is 7.47. The SMILES string of the molecule is O=C(CCn1ncc(=O)c2ccccc21)NC1CCCCC1C(F)(F)F. The zero-order valence-corrected chi connectivity index (χ0v) is 14.1. The quantitative estimate of drug-likeness (QED) is 0.904. The van der Waals surface area contributed by atoms with E-state index in [9.17, 15) is 22.8 Å². The van der Waals surface area contributed by atoms with Crippen molar-refractivity contribution in [3.8, 4) is 0 Å². The molecule has 1 aromatic carbocycles. The first-order valence-electron chi connectivity index (χ1n) is 8.67. The average Bonchev–Trinajstić information content (AvgIpc) is 2.61. The highest BCUT2D eigenvalue weighted by Crippen LogP contribution is 2.37. The molecule has 8 heteroatoms. The van der Waals surface area contributed by atoms with Crippen LogP contribution in [0, 0.1) is 5.92 Å². The van der Waals surface area contributed by atoms with Crippen molar-refractivity contribution in [3.05, 3.63) is 40.7 Å². The number of halogens is 3. The fraction of sp³-hybridized carbons (Fsp3) is 0.500. The van der Waals surface area contributed by atoms with E-state index < -0.39 is 24.0 Å². The number of rotatable bonds is 4. The number of nitrogens with zero attached hydrogens (tertiary/aromatic N) is 2. The van der Waals surface area contributed by atoms with Crippen molar-refractivity contribution in [2.24, 2.45) is 5.92 Å². The van der Waals surface area contributed by atoms with E-state index in [-0.39, 0.29) is 24.8 Å². The lowest BCUT2D eigenvalue weighted by Crippen LogP contribution is -2.47. The summed E-state index contributed by atoms with van der Waals surface area (Å²) >= 11 is 0. The van der Waals surface area contributed by atoms with E-state index in [1.54, 1.807) is 24.3 Å². The van der Waals surface area contributed by atoms with Gasteiger partial charge in [0.15, 0.2) is 0 Å². The Labute approximate surface area is 148 Å². The van der Waals surface area contributed by atoms with Crippen molar-refractivity contribution in [3.63, 3.8) is 0 Å². The Morgan fingerprint density at radius 2 is 1.96 bits per heavy atom. The number of hydrogen-bond donors (Lipinski definition) is 1. The van der Waals surface area contributed by atoms with Crippen molar-refractivity contribution in [2.75, 3.05) is 0 Å². The highest BCUT2D eigenvalue weighted by molar-refractivity contribution is 5.79. The zero-order valence-electron chi connectivity index (χ0n) is 14.1. The van der Waals surface area contributed by atoms with E-state index >= 15 is 0 Å². The number of fused-ring (bicyclic) bond motifs is 1. The van der Waals surface area contributed by atoms with Gasteiger partial charge in [0.05, 0.1) is 24.2 Å². The fourth-order valence-corrected chi connectivity index (χ4v) is 3.52. The van der Waals surface area contributed by atoms with Gasteiger partial charge in [-0.1, -0.05) is 25.0 Å². The molecule has 5 nitrogen and oxygen atoms in total. The lowest BCUT2D eigenvalue weighted by molar-refractivity contribution is -0.189. The van der Waals surface area contributed by atoms with E-state index in [1.807, 2.05) is 0 Å². The molecular formula is C18H20F3N3O2. The summed E-state index contributed by atoms with van der Waals surface area (Å²) in [6.45, 7) is 0.191. The van der Waals surface area contributed by atoms with Crippen molar-refractivity contribution in [1.29, 1.82) is 0 Å². The van der Waals surface area contributed by atoms with Crippen LogP contribution in [0.2, 0.25) is 0 Å². The van der Waals surface area contributed by atoms with Crippen molar-refractivity contribution < 1.29 is 18.0 Å². The molecule has 3 rings (SSSR count). The van der Waals surface area contributed by atoms with Crippen LogP contribution in [0.4, 0.5) is 13.2 Å². The number of alkyl halides is 3. The summed E-state index contributed by atoms with van der Waals surface area (Å²) in [6, 6.07) is 6.03. The summed E-state index contributed by atoms with van der Waals surface area (Å²) in [6.07, 6.45) is -1.50. The van der Waals surface area contributed by atoms with Crippen LogP contribution >= 0.6 is 0 Å². The Balaban J connectivity index is 1.66. The Kier molecular flexibility index (Phi) is 5.29. The van der Waals surface area contributed by atoms with Gasteiger partial charge in [0.25, 0.3) is 0 Å². The molecule has 140 valence electrons. The van der Waals surface area contributed by atoms with Gasteiger partial charge in [-0.25, -0.2) is 0 Å².